The van der Waals surface area contributed by atoms with Crippen LogP contribution in [0, 0.1) is 0 Å². The van der Waals surface area contributed by atoms with Crippen molar-refractivity contribution < 1.29 is 18.4 Å². The van der Waals surface area contributed by atoms with E-state index in [-0.39, 0.29) is 17.9 Å². The number of hydrogen-bond donors (Lipinski definition) is 1. The molecule has 0 fully saturated rings. The summed E-state index contributed by atoms with van der Waals surface area (Å²) in [5, 5.41) is 13.0. The molecule has 2 aromatic heterocycles. The molecule has 0 radical (unpaired) electrons. The van der Waals surface area contributed by atoms with Crippen molar-refractivity contribution in [3.05, 3.63) is 65.2 Å². The molecule has 0 saturated carbocycles. The number of hydrogen-bond acceptors (Lipinski definition) is 6. The van der Waals surface area contributed by atoms with E-state index >= 15 is 0 Å². The van der Waals surface area contributed by atoms with E-state index in [1.807, 2.05) is 11.4 Å². The largest absolute Gasteiger partial charge is 0.285 e. The normalized spacial score (nSPS) is 12.8. The zero-order valence-electron chi connectivity index (χ0n) is 13.1. The van der Waals surface area contributed by atoms with Crippen molar-refractivity contribution in [3.63, 3.8) is 0 Å². The van der Waals surface area contributed by atoms with Crippen LogP contribution in [0.4, 0.5) is 0 Å². The average molecular weight is 376 g/mol. The Morgan fingerprint density at radius 1 is 1.24 bits per heavy atom. The van der Waals surface area contributed by atoms with E-state index in [4.69, 9.17) is 0 Å². The van der Waals surface area contributed by atoms with Crippen molar-refractivity contribution >= 4 is 37.8 Å². The minimum Gasteiger partial charge on any atom is -0.285 e. The summed E-state index contributed by atoms with van der Waals surface area (Å²) in [6.45, 7) is 0. The minimum absolute atomic E-state index is 0.207. The van der Waals surface area contributed by atoms with Crippen LogP contribution in [-0.4, -0.2) is 35.8 Å². The molecule has 3 aromatic rings. The van der Waals surface area contributed by atoms with Gasteiger partial charge in [0, 0.05) is 11.6 Å². The first-order valence-corrected chi connectivity index (χ1v) is 10.2. The van der Waals surface area contributed by atoms with Gasteiger partial charge in [0.15, 0.2) is 9.84 Å². The third kappa shape index (κ3) is 4.22. The van der Waals surface area contributed by atoms with Crippen LogP contribution >= 0.6 is 11.3 Å². The molecular weight excluding hydrogens is 360 g/mol. The van der Waals surface area contributed by atoms with Crippen LogP contribution in [0.2, 0.25) is 0 Å². The summed E-state index contributed by atoms with van der Waals surface area (Å²) < 4.78 is 25.2. The first-order valence-electron chi connectivity index (χ1n) is 7.48. The molecule has 3 rings (SSSR count). The van der Waals surface area contributed by atoms with Crippen molar-refractivity contribution in [2.24, 2.45) is 0 Å². The van der Waals surface area contributed by atoms with Gasteiger partial charge in [-0.1, -0.05) is 30.3 Å². The zero-order valence-corrected chi connectivity index (χ0v) is 14.8. The Hall–Kier alpha value is -2.29. The standard InChI is InChI=1S/C17H16N2O4S2/c20-12-19(21)16(14-4-2-1-3-5-14)11-25(22,23)10-13-8-15-6-7-24-17(15)18-9-13/h1-9,12,16,21H,10-11H2. The third-order valence-electron chi connectivity index (χ3n) is 3.77. The lowest BCUT2D eigenvalue weighted by Crippen LogP contribution is -2.30. The molecule has 0 aliphatic carbocycles. The molecule has 0 aliphatic heterocycles. The van der Waals surface area contributed by atoms with Gasteiger partial charge in [-0.3, -0.25) is 10.0 Å². The molecule has 0 aliphatic rings. The SMILES string of the molecule is O=CN(O)C(CS(=O)(=O)Cc1cnc2sccc2c1)c1ccccc1. The molecule has 0 bridgehead atoms. The van der Waals surface area contributed by atoms with Gasteiger partial charge in [-0.2, -0.15) is 0 Å². The maximum atomic E-state index is 12.6. The maximum Gasteiger partial charge on any atom is 0.233 e. The van der Waals surface area contributed by atoms with E-state index in [1.54, 1.807) is 42.6 Å². The molecule has 1 unspecified atom stereocenters. The summed E-state index contributed by atoms with van der Waals surface area (Å²) in [7, 11) is -3.59. The molecule has 2 heterocycles. The summed E-state index contributed by atoms with van der Waals surface area (Å²) >= 11 is 1.49. The Bertz CT molecular complexity index is 970. The molecule has 0 spiro atoms. The van der Waals surface area contributed by atoms with Gasteiger partial charge in [0.2, 0.25) is 6.41 Å². The Morgan fingerprint density at radius 3 is 2.72 bits per heavy atom. The lowest BCUT2D eigenvalue weighted by molar-refractivity contribution is -0.158. The maximum absolute atomic E-state index is 12.6. The van der Waals surface area contributed by atoms with Crippen molar-refractivity contribution in [1.82, 2.24) is 10.0 Å². The molecule has 1 aromatic carbocycles. The van der Waals surface area contributed by atoms with Gasteiger partial charge in [0.05, 0.1) is 17.5 Å². The molecule has 0 saturated heterocycles. The predicted octanol–water partition coefficient (Wildman–Crippen LogP) is 2.80. The van der Waals surface area contributed by atoms with Crippen LogP contribution in [0.5, 0.6) is 0 Å². The first kappa shape index (κ1) is 17.5. The van der Waals surface area contributed by atoms with E-state index in [2.05, 4.69) is 4.98 Å². The van der Waals surface area contributed by atoms with Crippen LogP contribution in [0.25, 0.3) is 10.2 Å². The predicted molar refractivity (Wildman–Crippen MR) is 96.0 cm³/mol. The van der Waals surface area contributed by atoms with Gasteiger partial charge in [-0.15, -0.1) is 11.3 Å². The number of hydroxylamine groups is 2. The second-order valence-corrected chi connectivity index (χ2v) is 8.63. The smallest absolute Gasteiger partial charge is 0.233 e. The lowest BCUT2D eigenvalue weighted by Gasteiger charge is -2.22. The number of rotatable bonds is 7. The monoisotopic (exact) mass is 376 g/mol. The number of fused-ring (bicyclic) bond motifs is 1. The fourth-order valence-electron chi connectivity index (χ4n) is 2.61. The van der Waals surface area contributed by atoms with Crippen molar-refractivity contribution in [2.45, 2.75) is 11.8 Å². The molecule has 25 heavy (non-hydrogen) atoms. The molecule has 6 nitrogen and oxygen atoms in total. The minimum atomic E-state index is -3.59. The van der Waals surface area contributed by atoms with Gasteiger partial charge in [-0.05, 0) is 28.6 Å². The molecule has 1 atom stereocenters. The van der Waals surface area contributed by atoms with Crippen LogP contribution in [0.15, 0.2) is 54.0 Å². The van der Waals surface area contributed by atoms with E-state index < -0.39 is 15.9 Å². The van der Waals surface area contributed by atoms with Crippen LogP contribution in [0.3, 0.4) is 0 Å². The second-order valence-electron chi connectivity index (χ2n) is 5.63. The van der Waals surface area contributed by atoms with Crippen molar-refractivity contribution in [1.29, 1.82) is 0 Å². The number of carbonyl (C=O) groups is 1. The lowest BCUT2D eigenvalue weighted by atomic mass is 10.1. The topological polar surface area (TPSA) is 87.6 Å². The van der Waals surface area contributed by atoms with E-state index in [1.165, 1.54) is 11.3 Å². The van der Waals surface area contributed by atoms with Gasteiger partial charge >= 0.3 is 0 Å². The highest BCUT2D eigenvalue weighted by molar-refractivity contribution is 7.90. The fraction of sp³-hybridized carbons (Fsp3) is 0.176. The molecule has 8 heteroatoms. The van der Waals surface area contributed by atoms with E-state index in [0.717, 1.165) is 10.2 Å². The Balaban J connectivity index is 1.83. The van der Waals surface area contributed by atoms with Gasteiger partial charge in [0.25, 0.3) is 0 Å². The number of benzene rings is 1. The van der Waals surface area contributed by atoms with Gasteiger partial charge in [-0.25, -0.2) is 18.5 Å². The van der Waals surface area contributed by atoms with E-state index in [0.29, 0.717) is 16.2 Å². The fourth-order valence-corrected chi connectivity index (χ4v) is 4.94. The Morgan fingerprint density at radius 2 is 2.00 bits per heavy atom. The second kappa shape index (κ2) is 7.30. The summed E-state index contributed by atoms with van der Waals surface area (Å²) in [5.41, 5.74) is 1.13. The molecule has 130 valence electrons. The molecule has 1 amide bonds. The summed E-state index contributed by atoms with van der Waals surface area (Å²) in [6.07, 6.45) is 1.76. The summed E-state index contributed by atoms with van der Waals surface area (Å²) in [5.74, 6) is -0.588. The number of pyridine rings is 1. The molecule has 1 N–H and O–H groups in total. The van der Waals surface area contributed by atoms with E-state index in [9.17, 15) is 18.4 Å². The highest BCUT2D eigenvalue weighted by atomic mass is 32.2. The van der Waals surface area contributed by atoms with Crippen LogP contribution < -0.4 is 0 Å². The summed E-state index contributed by atoms with van der Waals surface area (Å²) in [4.78, 5) is 16.1. The van der Waals surface area contributed by atoms with Crippen molar-refractivity contribution in [2.75, 3.05) is 5.75 Å². The number of sulfone groups is 1. The third-order valence-corrected chi connectivity index (χ3v) is 6.21. The van der Waals surface area contributed by atoms with Crippen molar-refractivity contribution in [3.8, 4) is 0 Å². The van der Waals surface area contributed by atoms with Gasteiger partial charge < -0.3 is 0 Å². The highest BCUT2D eigenvalue weighted by Gasteiger charge is 2.25. The highest BCUT2D eigenvalue weighted by Crippen LogP contribution is 2.24. The number of thiophene rings is 1. The number of aromatic nitrogens is 1. The van der Waals surface area contributed by atoms with Crippen LogP contribution in [-0.2, 0) is 20.4 Å². The number of nitrogens with zero attached hydrogens (tertiary/aromatic N) is 2. The number of amides is 1. The van der Waals surface area contributed by atoms with Crippen LogP contribution in [0.1, 0.15) is 17.2 Å². The Labute approximate surface area is 149 Å². The first-order chi connectivity index (χ1) is 12.0. The Kier molecular flexibility index (Phi) is 5.12. The van der Waals surface area contributed by atoms with Gasteiger partial charge in [0.1, 0.15) is 4.83 Å². The zero-order chi connectivity index (χ0) is 17.9. The number of carbonyl (C=O) groups excluding carboxylic acids is 1. The molecular formula is C17H16N2O4S2. The summed E-state index contributed by atoms with van der Waals surface area (Å²) in [6, 6.07) is 11.3. The average Bonchev–Trinajstić information content (AvgIpc) is 3.07. The quantitative estimate of drug-likeness (QED) is 0.389.